The normalized spacial score (nSPS) is 14.1. The number of hydrogen-bond acceptors (Lipinski definition) is 2. The van der Waals surface area contributed by atoms with Gasteiger partial charge in [-0.1, -0.05) is 12.1 Å². The molecule has 5 nitrogen and oxygen atoms in total. The molecule has 16 heavy (non-hydrogen) atoms. The monoisotopic (exact) mass is 236 g/mol. The molecule has 4 N–H and O–H groups in total. The highest BCUT2D eigenvalue weighted by Crippen LogP contribution is 2.30. The number of nitrogens with zero attached hydrogens (tertiary/aromatic N) is 1. The summed E-state index contributed by atoms with van der Waals surface area (Å²) in [6, 6.07) is 5.54. The summed E-state index contributed by atoms with van der Waals surface area (Å²) in [5.74, 6) is 0. The van der Waals surface area contributed by atoms with Crippen molar-refractivity contribution in [3.8, 4) is 0 Å². The number of anilines is 2. The SMILES string of the molecule is CN1Cc2cccc(NC(N)=S)c2NC1=O. The lowest BCUT2D eigenvalue weighted by Gasteiger charge is -2.27. The van der Waals surface area contributed by atoms with E-state index in [1.807, 2.05) is 18.2 Å². The Balaban J connectivity index is 2.40. The van der Waals surface area contributed by atoms with Crippen molar-refractivity contribution >= 4 is 34.7 Å². The number of benzene rings is 1. The first-order valence-corrected chi connectivity index (χ1v) is 5.19. The van der Waals surface area contributed by atoms with Crippen molar-refractivity contribution in [1.29, 1.82) is 0 Å². The Morgan fingerprint density at radius 1 is 1.62 bits per heavy atom. The third-order valence-corrected chi connectivity index (χ3v) is 2.50. The van der Waals surface area contributed by atoms with Crippen LogP contribution >= 0.6 is 12.2 Å². The van der Waals surface area contributed by atoms with Crippen LogP contribution < -0.4 is 16.4 Å². The van der Waals surface area contributed by atoms with Crippen LogP contribution in [-0.4, -0.2) is 23.1 Å². The number of fused-ring (bicyclic) bond motifs is 1. The molecule has 0 radical (unpaired) electrons. The maximum Gasteiger partial charge on any atom is 0.321 e. The molecule has 0 aliphatic carbocycles. The average molecular weight is 236 g/mol. The zero-order valence-electron chi connectivity index (χ0n) is 8.78. The highest BCUT2D eigenvalue weighted by atomic mass is 32.1. The molecule has 0 saturated carbocycles. The van der Waals surface area contributed by atoms with Gasteiger partial charge in [-0.05, 0) is 23.8 Å². The van der Waals surface area contributed by atoms with Crippen LogP contribution in [-0.2, 0) is 6.54 Å². The van der Waals surface area contributed by atoms with E-state index in [1.165, 1.54) is 0 Å². The summed E-state index contributed by atoms with van der Waals surface area (Å²) in [5.41, 5.74) is 7.92. The van der Waals surface area contributed by atoms with Crippen LogP contribution in [0.3, 0.4) is 0 Å². The fourth-order valence-electron chi connectivity index (χ4n) is 1.65. The molecule has 0 saturated heterocycles. The van der Waals surface area contributed by atoms with Crippen molar-refractivity contribution in [1.82, 2.24) is 4.90 Å². The van der Waals surface area contributed by atoms with Gasteiger partial charge in [0.2, 0.25) is 0 Å². The molecule has 2 rings (SSSR count). The predicted octanol–water partition coefficient (Wildman–Crippen LogP) is 1.32. The molecular formula is C10H12N4OS. The van der Waals surface area contributed by atoms with Crippen molar-refractivity contribution in [2.45, 2.75) is 6.54 Å². The number of nitrogens with one attached hydrogen (secondary N) is 2. The first-order chi connectivity index (χ1) is 7.58. The third-order valence-electron chi connectivity index (χ3n) is 2.39. The van der Waals surface area contributed by atoms with Crippen molar-refractivity contribution in [3.05, 3.63) is 23.8 Å². The van der Waals surface area contributed by atoms with Gasteiger partial charge < -0.3 is 21.3 Å². The summed E-state index contributed by atoms with van der Waals surface area (Å²) in [6.07, 6.45) is 0. The maximum absolute atomic E-state index is 11.5. The number of hydrogen-bond donors (Lipinski definition) is 3. The minimum atomic E-state index is -0.135. The van der Waals surface area contributed by atoms with Crippen LogP contribution in [0.2, 0.25) is 0 Å². The van der Waals surface area contributed by atoms with Crippen LogP contribution in [0.15, 0.2) is 18.2 Å². The standard InChI is InChI=1S/C10H12N4OS/c1-14-5-6-3-2-4-7(12-9(11)16)8(6)13-10(14)15/h2-4H,5H2,1H3,(H,13,15)(H3,11,12,16). The van der Waals surface area contributed by atoms with Crippen molar-refractivity contribution in [2.75, 3.05) is 17.7 Å². The largest absolute Gasteiger partial charge is 0.376 e. The van der Waals surface area contributed by atoms with E-state index in [-0.39, 0.29) is 11.1 Å². The topological polar surface area (TPSA) is 70.4 Å². The number of amides is 2. The van der Waals surface area contributed by atoms with Crippen LogP contribution in [0.25, 0.3) is 0 Å². The van der Waals surface area contributed by atoms with Gasteiger partial charge in [-0.2, -0.15) is 0 Å². The van der Waals surface area contributed by atoms with Crippen LogP contribution in [0.1, 0.15) is 5.56 Å². The van der Waals surface area contributed by atoms with Gasteiger partial charge in [0.25, 0.3) is 0 Å². The van der Waals surface area contributed by atoms with E-state index in [4.69, 9.17) is 18.0 Å². The van der Waals surface area contributed by atoms with Crippen molar-refractivity contribution in [2.24, 2.45) is 5.73 Å². The number of carbonyl (C=O) groups excluding carboxylic acids is 1. The van der Waals surface area contributed by atoms with Crippen molar-refractivity contribution in [3.63, 3.8) is 0 Å². The maximum atomic E-state index is 11.5. The van der Waals surface area contributed by atoms with Crippen LogP contribution in [0.4, 0.5) is 16.2 Å². The molecule has 0 atom stereocenters. The Kier molecular flexibility index (Phi) is 2.66. The third kappa shape index (κ3) is 1.92. The van der Waals surface area contributed by atoms with Gasteiger partial charge in [0.05, 0.1) is 11.4 Å². The van der Waals surface area contributed by atoms with Gasteiger partial charge >= 0.3 is 6.03 Å². The molecule has 1 aliphatic heterocycles. The van der Waals surface area contributed by atoms with E-state index in [0.29, 0.717) is 6.54 Å². The fraction of sp³-hybridized carbons (Fsp3) is 0.200. The second-order valence-corrected chi connectivity index (χ2v) is 4.05. The molecule has 6 heteroatoms. The number of rotatable bonds is 1. The van der Waals surface area contributed by atoms with Crippen molar-refractivity contribution < 1.29 is 4.79 Å². The Labute approximate surface area is 98.6 Å². The summed E-state index contributed by atoms with van der Waals surface area (Å²) >= 11 is 4.78. The lowest BCUT2D eigenvalue weighted by molar-refractivity contribution is 0.218. The molecular weight excluding hydrogens is 224 g/mol. The molecule has 1 aliphatic rings. The average Bonchev–Trinajstić information content (AvgIpc) is 2.20. The molecule has 0 fully saturated rings. The first-order valence-electron chi connectivity index (χ1n) is 4.78. The van der Waals surface area contributed by atoms with Gasteiger partial charge in [-0.15, -0.1) is 0 Å². The Morgan fingerprint density at radius 3 is 3.06 bits per heavy atom. The lowest BCUT2D eigenvalue weighted by atomic mass is 10.1. The number of para-hydroxylation sites is 1. The number of urea groups is 1. The lowest BCUT2D eigenvalue weighted by Crippen LogP contribution is -2.36. The van der Waals surface area contributed by atoms with E-state index < -0.39 is 0 Å². The molecule has 0 aromatic heterocycles. The highest BCUT2D eigenvalue weighted by molar-refractivity contribution is 7.80. The molecule has 2 amide bonds. The van der Waals surface area contributed by atoms with E-state index in [1.54, 1.807) is 11.9 Å². The van der Waals surface area contributed by atoms with E-state index >= 15 is 0 Å². The minimum Gasteiger partial charge on any atom is -0.376 e. The summed E-state index contributed by atoms with van der Waals surface area (Å²) in [7, 11) is 1.74. The predicted molar refractivity (Wildman–Crippen MR) is 67.3 cm³/mol. The van der Waals surface area contributed by atoms with Gasteiger partial charge in [0.15, 0.2) is 5.11 Å². The Morgan fingerprint density at radius 2 is 2.38 bits per heavy atom. The second kappa shape index (κ2) is 3.97. The fourth-order valence-corrected chi connectivity index (χ4v) is 1.76. The molecule has 0 unspecified atom stereocenters. The quantitative estimate of drug-likeness (QED) is 0.643. The summed E-state index contributed by atoms with van der Waals surface area (Å²) < 4.78 is 0. The van der Waals surface area contributed by atoms with Crippen LogP contribution in [0, 0.1) is 0 Å². The number of nitrogens with two attached hydrogens (primary N) is 1. The molecule has 1 aromatic carbocycles. The van der Waals surface area contributed by atoms with Gasteiger partial charge in [0.1, 0.15) is 0 Å². The van der Waals surface area contributed by atoms with Gasteiger partial charge in [-0.3, -0.25) is 0 Å². The number of thiocarbonyl (C=S) groups is 1. The zero-order valence-corrected chi connectivity index (χ0v) is 9.60. The molecule has 1 heterocycles. The Hall–Kier alpha value is -1.82. The minimum absolute atomic E-state index is 0.135. The zero-order chi connectivity index (χ0) is 11.7. The van der Waals surface area contributed by atoms with Gasteiger partial charge in [0, 0.05) is 13.6 Å². The second-order valence-electron chi connectivity index (χ2n) is 3.62. The van der Waals surface area contributed by atoms with E-state index in [9.17, 15) is 4.79 Å². The first kappa shape index (κ1) is 10.7. The summed E-state index contributed by atoms with van der Waals surface area (Å²) in [4.78, 5) is 13.1. The van der Waals surface area contributed by atoms with E-state index in [2.05, 4.69) is 10.6 Å². The van der Waals surface area contributed by atoms with Crippen LogP contribution in [0.5, 0.6) is 0 Å². The molecule has 84 valence electrons. The Bertz CT molecular complexity index is 460. The smallest absolute Gasteiger partial charge is 0.321 e. The number of carbonyl (C=O) groups is 1. The highest BCUT2D eigenvalue weighted by Gasteiger charge is 2.21. The van der Waals surface area contributed by atoms with E-state index in [0.717, 1.165) is 16.9 Å². The molecule has 1 aromatic rings. The summed E-state index contributed by atoms with van der Waals surface area (Å²) in [5, 5.41) is 5.82. The summed E-state index contributed by atoms with van der Waals surface area (Å²) in [6.45, 7) is 0.577. The molecule has 0 bridgehead atoms. The molecule has 0 spiro atoms. The van der Waals surface area contributed by atoms with Gasteiger partial charge in [-0.25, -0.2) is 4.79 Å².